The molecule has 0 bridgehead atoms. The first-order valence-electron chi connectivity index (χ1n) is 3.97. The van der Waals surface area contributed by atoms with Gasteiger partial charge in [0, 0.05) is 12.5 Å². The largest absolute Gasteiger partial charge is 0.391 e. The molecular formula is C8H17NO3. The molecule has 0 radical (unpaired) electrons. The highest BCUT2D eigenvalue weighted by atomic mass is 16.3. The first-order chi connectivity index (χ1) is 5.50. The minimum atomic E-state index is -0.870. The van der Waals surface area contributed by atoms with Crippen LogP contribution in [0.4, 0.5) is 0 Å². The standard InChI is InChI=1S/C8H17NO3/c1-6(11)8(12)7(4-5-10)9(2)3/h5-8,11-12H,4H2,1-3H3/t6?,7-,8+/m1/s1. The van der Waals surface area contributed by atoms with Crippen molar-refractivity contribution in [2.24, 2.45) is 0 Å². The summed E-state index contributed by atoms with van der Waals surface area (Å²) in [6.07, 6.45) is -0.697. The molecule has 0 aromatic heterocycles. The number of aliphatic hydroxyl groups excluding tert-OH is 2. The van der Waals surface area contributed by atoms with E-state index < -0.39 is 12.2 Å². The molecule has 0 saturated heterocycles. The van der Waals surface area contributed by atoms with E-state index >= 15 is 0 Å². The van der Waals surface area contributed by atoms with Crippen LogP contribution in [0.1, 0.15) is 13.3 Å². The van der Waals surface area contributed by atoms with Crippen molar-refractivity contribution in [3.05, 3.63) is 0 Å². The summed E-state index contributed by atoms with van der Waals surface area (Å²) in [7, 11) is 3.53. The van der Waals surface area contributed by atoms with E-state index in [1.54, 1.807) is 19.0 Å². The molecule has 2 N–H and O–H groups in total. The van der Waals surface area contributed by atoms with Crippen LogP contribution in [-0.2, 0) is 4.79 Å². The van der Waals surface area contributed by atoms with Crippen LogP contribution in [0.2, 0.25) is 0 Å². The van der Waals surface area contributed by atoms with E-state index in [0.29, 0.717) is 0 Å². The molecule has 4 nitrogen and oxygen atoms in total. The van der Waals surface area contributed by atoms with Crippen molar-refractivity contribution >= 4 is 6.29 Å². The Morgan fingerprint density at radius 2 is 1.92 bits per heavy atom. The third kappa shape index (κ3) is 3.30. The van der Waals surface area contributed by atoms with Crippen molar-refractivity contribution in [2.75, 3.05) is 14.1 Å². The summed E-state index contributed by atoms with van der Waals surface area (Å²) < 4.78 is 0. The van der Waals surface area contributed by atoms with E-state index in [1.807, 2.05) is 0 Å². The molecule has 72 valence electrons. The maximum absolute atomic E-state index is 10.2. The number of carbonyl (C=O) groups is 1. The lowest BCUT2D eigenvalue weighted by Crippen LogP contribution is -2.44. The van der Waals surface area contributed by atoms with Crippen LogP contribution < -0.4 is 0 Å². The van der Waals surface area contributed by atoms with Crippen LogP contribution >= 0.6 is 0 Å². The first-order valence-corrected chi connectivity index (χ1v) is 3.97. The fourth-order valence-electron chi connectivity index (χ4n) is 1.08. The molecule has 0 aliphatic carbocycles. The summed E-state index contributed by atoms with van der Waals surface area (Å²) >= 11 is 0. The summed E-state index contributed by atoms with van der Waals surface area (Å²) in [5, 5.41) is 18.5. The molecule has 0 amide bonds. The number of carbonyl (C=O) groups excluding carboxylic acids is 1. The molecule has 0 aromatic carbocycles. The van der Waals surface area contributed by atoms with Crippen LogP contribution in [0.5, 0.6) is 0 Å². The second-order valence-corrected chi connectivity index (χ2v) is 3.16. The van der Waals surface area contributed by atoms with Crippen LogP contribution in [0, 0.1) is 0 Å². The number of nitrogens with zero attached hydrogens (tertiary/aromatic N) is 1. The van der Waals surface area contributed by atoms with Crippen molar-refractivity contribution in [3.63, 3.8) is 0 Å². The second kappa shape index (κ2) is 5.24. The monoisotopic (exact) mass is 175 g/mol. The van der Waals surface area contributed by atoms with Crippen molar-refractivity contribution < 1.29 is 15.0 Å². The molecule has 0 rings (SSSR count). The molecule has 3 atom stereocenters. The van der Waals surface area contributed by atoms with Gasteiger partial charge < -0.3 is 19.9 Å². The molecule has 1 unspecified atom stereocenters. The van der Waals surface area contributed by atoms with Gasteiger partial charge in [-0.25, -0.2) is 0 Å². The van der Waals surface area contributed by atoms with Crippen LogP contribution in [0.25, 0.3) is 0 Å². The van der Waals surface area contributed by atoms with Crippen LogP contribution in [0.15, 0.2) is 0 Å². The Morgan fingerprint density at radius 3 is 2.17 bits per heavy atom. The number of aldehydes is 1. The lowest BCUT2D eigenvalue weighted by molar-refractivity contribution is -0.110. The Bertz CT molecular complexity index is 136. The molecule has 0 aliphatic rings. The number of likely N-dealkylation sites (N-methyl/N-ethyl adjacent to an activating group) is 1. The minimum absolute atomic E-state index is 0.235. The first kappa shape index (κ1) is 11.6. The fourth-order valence-corrected chi connectivity index (χ4v) is 1.08. The zero-order valence-corrected chi connectivity index (χ0v) is 7.77. The number of hydrogen-bond donors (Lipinski definition) is 2. The van der Waals surface area contributed by atoms with E-state index in [1.165, 1.54) is 6.92 Å². The zero-order valence-electron chi connectivity index (χ0n) is 7.77. The van der Waals surface area contributed by atoms with Crippen molar-refractivity contribution in [3.8, 4) is 0 Å². The lowest BCUT2D eigenvalue weighted by atomic mass is 10.0. The average Bonchev–Trinajstić information content (AvgIpc) is 1.98. The third-order valence-corrected chi connectivity index (χ3v) is 1.89. The fraction of sp³-hybridized carbons (Fsp3) is 0.875. The second-order valence-electron chi connectivity index (χ2n) is 3.16. The van der Waals surface area contributed by atoms with Gasteiger partial charge in [0.15, 0.2) is 0 Å². The quantitative estimate of drug-likeness (QED) is 0.540. The normalized spacial score (nSPS) is 18.8. The van der Waals surface area contributed by atoms with Gasteiger partial charge in [0.05, 0.1) is 12.2 Å². The Kier molecular flexibility index (Phi) is 5.04. The Morgan fingerprint density at radius 1 is 1.42 bits per heavy atom. The van der Waals surface area contributed by atoms with Crippen molar-refractivity contribution in [1.29, 1.82) is 0 Å². The highest BCUT2D eigenvalue weighted by Crippen LogP contribution is 2.07. The van der Waals surface area contributed by atoms with E-state index in [2.05, 4.69) is 0 Å². The van der Waals surface area contributed by atoms with Gasteiger partial charge in [-0.05, 0) is 21.0 Å². The molecular weight excluding hydrogens is 158 g/mol. The van der Waals surface area contributed by atoms with Gasteiger partial charge in [-0.2, -0.15) is 0 Å². The van der Waals surface area contributed by atoms with E-state index in [4.69, 9.17) is 5.11 Å². The van der Waals surface area contributed by atoms with Crippen molar-refractivity contribution in [1.82, 2.24) is 4.90 Å². The number of rotatable bonds is 5. The van der Waals surface area contributed by atoms with Crippen LogP contribution in [0.3, 0.4) is 0 Å². The Hall–Kier alpha value is -0.450. The van der Waals surface area contributed by atoms with Gasteiger partial charge in [0.1, 0.15) is 6.29 Å². The Labute approximate surface area is 72.8 Å². The highest BCUT2D eigenvalue weighted by Gasteiger charge is 2.24. The smallest absolute Gasteiger partial charge is 0.121 e. The van der Waals surface area contributed by atoms with Crippen LogP contribution in [-0.4, -0.2) is 53.7 Å². The number of hydrogen-bond acceptors (Lipinski definition) is 4. The molecule has 0 aliphatic heterocycles. The highest BCUT2D eigenvalue weighted by molar-refractivity contribution is 5.50. The number of aliphatic hydroxyl groups is 2. The summed E-state index contributed by atoms with van der Waals surface area (Å²) in [5.41, 5.74) is 0. The van der Waals surface area contributed by atoms with Gasteiger partial charge in [-0.1, -0.05) is 0 Å². The van der Waals surface area contributed by atoms with E-state index in [-0.39, 0.29) is 12.5 Å². The van der Waals surface area contributed by atoms with Gasteiger partial charge >= 0.3 is 0 Å². The topological polar surface area (TPSA) is 60.8 Å². The summed E-state index contributed by atoms with van der Waals surface area (Å²) in [4.78, 5) is 12.0. The predicted octanol–water partition coefficient (Wildman–Crippen LogP) is -0.753. The maximum Gasteiger partial charge on any atom is 0.121 e. The molecule has 0 fully saturated rings. The summed E-state index contributed by atoms with van der Waals surface area (Å²) in [5.74, 6) is 0. The molecule has 0 saturated carbocycles. The zero-order chi connectivity index (χ0) is 9.72. The molecule has 0 heterocycles. The average molecular weight is 175 g/mol. The molecule has 4 heteroatoms. The third-order valence-electron chi connectivity index (χ3n) is 1.89. The maximum atomic E-state index is 10.2. The van der Waals surface area contributed by atoms with Crippen molar-refractivity contribution in [2.45, 2.75) is 31.6 Å². The molecule has 0 aromatic rings. The Balaban J connectivity index is 4.18. The molecule has 12 heavy (non-hydrogen) atoms. The predicted molar refractivity (Wildman–Crippen MR) is 45.8 cm³/mol. The molecule has 0 spiro atoms. The summed E-state index contributed by atoms with van der Waals surface area (Å²) in [6, 6.07) is -0.303. The summed E-state index contributed by atoms with van der Waals surface area (Å²) in [6.45, 7) is 1.51. The lowest BCUT2D eigenvalue weighted by Gasteiger charge is -2.28. The van der Waals surface area contributed by atoms with Gasteiger partial charge in [-0.15, -0.1) is 0 Å². The minimum Gasteiger partial charge on any atom is -0.391 e. The SMILES string of the molecule is CC(O)[C@H](O)[C@@H](CC=O)N(C)C. The van der Waals surface area contributed by atoms with Gasteiger partial charge in [0.25, 0.3) is 0 Å². The van der Waals surface area contributed by atoms with E-state index in [9.17, 15) is 9.90 Å². The van der Waals surface area contributed by atoms with E-state index in [0.717, 1.165) is 6.29 Å². The van der Waals surface area contributed by atoms with Gasteiger partial charge in [0.2, 0.25) is 0 Å². The van der Waals surface area contributed by atoms with Gasteiger partial charge in [-0.3, -0.25) is 0 Å².